The number of carbonyl (C=O) groups is 2. The van der Waals surface area contributed by atoms with Crippen LogP contribution in [0.25, 0.3) is 0 Å². The molecule has 1 fully saturated rings. The number of hydrogen-bond donors (Lipinski definition) is 2. The van der Waals surface area contributed by atoms with Crippen LogP contribution in [-0.4, -0.2) is 22.8 Å². The summed E-state index contributed by atoms with van der Waals surface area (Å²) in [4.78, 5) is 28.9. The standard InChI is InChI=1S/C19H19Cl2N3O2/c20-15-7-6-14(11-16(15)21)24-18(25)12-8-9-22-17(10-12)19(26)23-13-4-2-1-3-5-13/h6-11,13H,1-5H2,(H,23,26)(H,24,25). The molecule has 1 aliphatic rings. The fourth-order valence-corrected chi connectivity index (χ4v) is 3.28. The monoisotopic (exact) mass is 391 g/mol. The Morgan fingerprint density at radius 3 is 2.46 bits per heavy atom. The van der Waals surface area contributed by atoms with Crippen molar-refractivity contribution in [2.45, 2.75) is 38.1 Å². The Labute approximate surface area is 162 Å². The second kappa shape index (κ2) is 8.52. The largest absolute Gasteiger partial charge is 0.348 e. The number of pyridine rings is 1. The highest BCUT2D eigenvalue weighted by molar-refractivity contribution is 6.42. The van der Waals surface area contributed by atoms with Crippen LogP contribution >= 0.6 is 23.2 Å². The van der Waals surface area contributed by atoms with Crippen LogP contribution in [0.1, 0.15) is 53.0 Å². The molecule has 1 aromatic carbocycles. The number of amides is 2. The molecule has 0 saturated heterocycles. The van der Waals surface area contributed by atoms with Gasteiger partial charge in [-0.2, -0.15) is 0 Å². The van der Waals surface area contributed by atoms with Gasteiger partial charge in [0, 0.05) is 23.5 Å². The predicted molar refractivity (Wildman–Crippen MR) is 103 cm³/mol. The van der Waals surface area contributed by atoms with E-state index < -0.39 is 0 Å². The van der Waals surface area contributed by atoms with Crippen LogP contribution in [0.15, 0.2) is 36.5 Å². The highest BCUT2D eigenvalue weighted by Crippen LogP contribution is 2.25. The Balaban J connectivity index is 1.68. The number of carbonyl (C=O) groups excluding carboxylic acids is 2. The third kappa shape index (κ3) is 4.74. The van der Waals surface area contributed by atoms with E-state index in [0.717, 1.165) is 25.7 Å². The first-order valence-electron chi connectivity index (χ1n) is 8.56. The number of anilines is 1. The van der Waals surface area contributed by atoms with Crippen molar-refractivity contribution in [3.8, 4) is 0 Å². The lowest BCUT2D eigenvalue weighted by Crippen LogP contribution is -2.36. The van der Waals surface area contributed by atoms with Gasteiger partial charge >= 0.3 is 0 Å². The molecule has 1 aliphatic carbocycles. The first-order chi connectivity index (χ1) is 12.5. The van der Waals surface area contributed by atoms with Gasteiger partial charge in [-0.1, -0.05) is 42.5 Å². The molecule has 0 radical (unpaired) electrons. The SMILES string of the molecule is O=C(Nc1ccc(Cl)c(Cl)c1)c1ccnc(C(=O)NC2CCCCC2)c1. The van der Waals surface area contributed by atoms with Crippen molar-refractivity contribution >= 4 is 40.7 Å². The van der Waals surface area contributed by atoms with Gasteiger partial charge < -0.3 is 10.6 Å². The van der Waals surface area contributed by atoms with Crippen molar-refractivity contribution < 1.29 is 9.59 Å². The van der Waals surface area contributed by atoms with Crippen LogP contribution in [-0.2, 0) is 0 Å². The molecular formula is C19H19Cl2N3O2. The van der Waals surface area contributed by atoms with Crippen molar-refractivity contribution in [3.05, 3.63) is 57.8 Å². The molecule has 2 aromatic rings. The van der Waals surface area contributed by atoms with Gasteiger partial charge in [0.2, 0.25) is 0 Å². The summed E-state index contributed by atoms with van der Waals surface area (Å²) >= 11 is 11.8. The van der Waals surface area contributed by atoms with E-state index >= 15 is 0 Å². The van der Waals surface area contributed by atoms with Crippen molar-refractivity contribution in [1.29, 1.82) is 0 Å². The van der Waals surface area contributed by atoms with E-state index in [1.54, 1.807) is 24.3 Å². The predicted octanol–water partition coefficient (Wildman–Crippen LogP) is 4.70. The summed E-state index contributed by atoms with van der Waals surface area (Å²) in [5.41, 5.74) is 1.10. The summed E-state index contributed by atoms with van der Waals surface area (Å²) < 4.78 is 0. The van der Waals surface area contributed by atoms with Gasteiger partial charge in [-0.3, -0.25) is 14.6 Å². The van der Waals surface area contributed by atoms with Crippen LogP contribution in [0, 0.1) is 0 Å². The van der Waals surface area contributed by atoms with Gasteiger partial charge in [-0.25, -0.2) is 0 Å². The molecule has 2 N–H and O–H groups in total. The zero-order chi connectivity index (χ0) is 18.5. The maximum atomic E-state index is 12.4. The Hall–Kier alpha value is -2.11. The van der Waals surface area contributed by atoms with Gasteiger partial charge in [-0.15, -0.1) is 0 Å². The summed E-state index contributed by atoms with van der Waals surface area (Å²) in [5, 5.41) is 6.50. The first-order valence-corrected chi connectivity index (χ1v) is 9.32. The van der Waals surface area contributed by atoms with E-state index in [4.69, 9.17) is 23.2 Å². The Morgan fingerprint density at radius 1 is 0.962 bits per heavy atom. The number of benzene rings is 1. The fourth-order valence-electron chi connectivity index (χ4n) is 2.98. The van der Waals surface area contributed by atoms with E-state index in [-0.39, 0.29) is 23.6 Å². The number of halogens is 2. The summed E-state index contributed by atoms with van der Waals surface area (Å²) in [6.45, 7) is 0. The van der Waals surface area contributed by atoms with Gasteiger partial charge in [0.05, 0.1) is 10.0 Å². The highest BCUT2D eigenvalue weighted by Gasteiger charge is 2.18. The minimum Gasteiger partial charge on any atom is -0.348 e. The van der Waals surface area contributed by atoms with E-state index in [0.29, 0.717) is 21.3 Å². The van der Waals surface area contributed by atoms with Gasteiger partial charge in [-0.05, 0) is 43.2 Å². The minimum atomic E-state index is -0.350. The molecule has 2 amide bonds. The van der Waals surface area contributed by atoms with Crippen molar-refractivity contribution in [3.63, 3.8) is 0 Å². The average Bonchev–Trinajstić information content (AvgIpc) is 2.65. The van der Waals surface area contributed by atoms with Gasteiger partial charge in [0.1, 0.15) is 5.69 Å². The van der Waals surface area contributed by atoms with Crippen LogP contribution in [0.4, 0.5) is 5.69 Å². The Kier molecular flexibility index (Phi) is 6.12. The first kappa shape index (κ1) is 18.7. The lowest BCUT2D eigenvalue weighted by Gasteiger charge is -2.22. The topological polar surface area (TPSA) is 71.1 Å². The zero-order valence-electron chi connectivity index (χ0n) is 14.1. The maximum absolute atomic E-state index is 12.4. The zero-order valence-corrected chi connectivity index (χ0v) is 15.6. The minimum absolute atomic E-state index is 0.187. The van der Waals surface area contributed by atoms with E-state index in [1.807, 2.05) is 0 Å². The van der Waals surface area contributed by atoms with Crippen molar-refractivity contribution in [1.82, 2.24) is 10.3 Å². The molecule has 5 nitrogen and oxygen atoms in total. The number of nitrogens with one attached hydrogen (secondary N) is 2. The normalized spacial score (nSPS) is 14.7. The lowest BCUT2D eigenvalue weighted by atomic mass is 9.95. The highest BCUT2D eigenvalue weighted by atomic mass is 35.5. The maximum Gasteiger partial charge on any atom is 0.270 e. The molecule has 26 heavy (non-hydrogen) atoms. The number of hydrogen-bond acceptors (Lipinski definition) is 3. The quantitative estimate of drug-likeness (QED) is 0.792. The molecular weight excluding hydrogens is 373 g/mol. The molecule has 136 valence electrons. The molecule has 1 aromatic heterocycles. The molecule has 0 atom stereocenters. The Bertz CT molecular complexity index is 820. The second-order valence-electron chi connectivity index (χ2n) is 6.32. The molecule has 1 saturated carbocycles. The van der Waals surface area contributed by atoms with E-state index in [2.05, 4.69) is 15.6 Å². The second-order valence-corrected chi connectivity index (χ2v) is 7.14. The molecule has 7 heteroatoms. The van der Waals surface area contributed by atoms with Crippen molar-refractivity contribution in [2.24, 2.45) is 0 Å². The fraction of sp³-hybridized carbons (Fsp3) is 0.316. The molecule has 0 bridgehead atoms. The van der Waals surface area contributed by atoms with E-state index in [1.165, 1.54) is 18.7 Å². The average molecular weight is 392 g/mol. The van der Waals surface area contributed by atoms with Crippen molar-refractivity contribution in [2.75, 3.05) is 5.32 Å². The van der Waals surface area contributed by atoms with E-state index in [9.17, 15) is 9.59 Å². The smallest absolute Gasteiger partial charge is 0.270 e. The van der Waals surface area contributed by atoms with Crippen LogP contribution in [0.5, 0.6) is 0 Å². The van der Waals surface area contributed by atoms with Crippen LogP contribution in [0.2, 0.25) is 10.0 Å². The number of nitrogens with zero attached hydrogens (tertiary/aromatic N) is 1. The summed E-state index contributed by atoms with van der Waals surface area (Å²) in [5.74, 6) is -0.599. The Morgan fingerprint density at radius 2 is 1.73 bits per heavy atom. The van der Waals surface area contributed by atoms with Crippen LogP contribution < -0.4 is 10.6 Å². The summed E-state index contributed by atoms with van der Waals surface area (Å²) in [7, 11) is 0. The molecule has 0 unspecified atom stereocenters. The lowest BCUT2D eigenvalue weighted by molar-refractivity contribution is 0.0922. The van der Waals surface area contributed by atoms with Gasteiger partial charge in [0.25, 0.3) is 11.8 Å². The van der Waals surface area contributed by atoms with Gasteiger partial charge in [0.15, 0.2) is 0 Å². The van der Waals surface area contributed by atoms with Crippen LogP contribution in [0.3, 0.4) is 0 Å². The molecule has 1 heterocycles. The number of rotatable bonds is 4. The molecule has 0 spiro atoms. The molecule has 3 rings (SSSR count). The summed E-state index contributed by atoms with van der Waals surface area (Å²) in [6.07, 6.45) is 6.91. The molecule has 0 aliphatic heterocycles. The third-order valence-corrected chi connectivity index (χ3v) is 5.11. The summed E-state index contributed by atoms with van der Waals surface area (Å²) in [6, 6.07) is 8.07. The third-order valence-electron chi connectivity index (χ3n) is 4.37. The number of aromatic nitrogens is 1.